The van der Waals surface area contributed by atoms with Gasteiger partial charge in [0.2, 0.25) is 0 Å². The van der Waals surface area contributed by atoms with Gasteiger partial charge in [-0.3, -0.25) is 4.79 Å². The molecule has 4 rings (SSSR count). The molecule has 0 aliphatic heterocycles. The van der Waals surface area contributed by atoms with Crippen LogP contribution in [0.2, 0.25) is 0 Å². The van der Waals surface area contributed by atoms with Gasteiger partial charge in [0.25, 0.3) is 0 Å². The molecule has 4 atom stereocenters. The molecule has 31 heavy (non-hydrogen) atoms. The fourth-order valence-electron chi connectivity index (χ4n) is 5.74. The Hall–Kier alpha value is -1.97. The molecule has 166 valence electrons. The summed E-state index contributed by atoms with van der Waals surface area (Å²) in [5.74, 6) is 0.642. The second-order valence-corrected chi connectivity index (χ2v) is 9.69. The molecule has 0 saturated heterocycles. The van der Waals surface area contributed by atoms with Crippen molar-refractivity contribution in [2.24, 2.45) is 11.8 Å². The number of rotatable bonds is 7. The Bertz CT molecular complexity index is 866. The van der Waals surface area contributed by atoms with Gasteiger partial charge >= 0.3 is 0 Å². The van der Waals surface area contributed by atoms with E-state index < -0.39 is 12.2 Å². The average Bonchev–Trinajstić information content (AvgIpc) is 3.07. The van der Waals surface area contributed by atoms with Gasteiger partial charge in [0, 0.05) is 24.3 Å². The van der Waals surface area contributed by atoms with Crippen molar-refractivity contribution in [3.05, 3.63) is 70.8 Å². The van der Waals surface area contributed by atoms with Crippen LogP contribution in [0.3, 0.4) is 0 Å². The molecule has 2 saturated carbocycles. The number of benzene rings is 2. The Balaban J connectivity index is 1.47. The number of ketones is 1. The van der Waals surface area contributed by atoms with Crippen molar-refractivity contribution in [3.8, 4) is 0 Å². The minimum absolute atomic E-state index is 0.0223. The van der Waals surface area contributed by atoms with Crippen molar-refractivity contribution in [2.75, 3.05) is 0 Å². The molecular formula is C28H36O3. The molecule has 0 aromatic heterocycles. The topological polar surface area (TPSA) is 57.5 Å². The first-order chi connectivity index (χ1) is 15.0. The summed E-state index contributed by atoms with van der Waals surface area (Å²) in [6.45, 7) is 2.15. The van der Waals surface area contributed by atoms with E-state index in [0.717, 1.165) is 24.0 Å². The van der Waals surface area contributed by atoms with E-state index in [4.69, 9.17) is 0 Å². The molecule has 0 amide bonds. The highest BCUT2D eigenvalue weighted by atomic mass is 16.3. The fraction of sp³-hybridized carbons (Fsp3) is 0.536. The molecule has 0 heterocycles. The molecule has 2 aromatic rings. The number of aliphatic hydroxyl groups excluding tert-OH is 2. The zero-order valence-corrected chi connectivity index (χ0v) is 18.7. The number of aliphatic hydroxyl groups is 2. The van der Waals surface area contributed by atoms with Gasteiger partial charge in [-0.25, -0.2) is 0 Å². The van der Waals surface area contributed by atoms with Crippen LogP contribution in [-0.2, 0) is 12.8 Å². The molecule has 0 spiro atoms. The zero-order valence-electron chi connectivity index (χ0n) is 18.7. The second-order valence-electron chi connectivity index (χ2n) is 9.69. The van der Waals surface area contributed by atoms with Gasteiger partial charge in [0.15, 0.2) is 5.78 Å². The zero-order chi connectivity index (χ0) is 21.8. The molecular weight excluding hydrogens is 384 g/mol. The first kappa shape index (κ1) is 22.2. The van der Waals surface area contributed by atoms with Crippen molar-refractivity contribution in [1.29, 1.82) is 0 Å². The van der Waals surface area contributed by atoms with E-state index in [9.17, 15) is 15.0 Å². The number of Topliss-reactive ketones (excluding diaryl/α,β-unsaturated/α-hetero) is 1. The minimum atomic E-state index is -0.557. The Morgan fingerprint density at radius 1 is 0.935 bits per heavy atom. The first-order valence-corrected chi connectivity index (χ1v) is 12.1. The fourth-order valence-corrected chi connectivity index (χ4v) is 5.74. The molecule has 2 aliphatic rings. The van der Waals surface area contributed by atoms with E-state index in [1.165, 1.54) is 43.2 Å². The van der Waals surface area contributed by atoms with E-state index in [0.29, 0.717) is 18.8 Å². The average molecular weight is 421 g/mol. The van der Waals surface area contributed by atoms with Crippen LogP contribution in [0.25, 0.3) is 0 Å². The summed E-state index contributed by atoms with van der Waals surface area (Å²) in [6, 6.07) is 16.4. The molecule has 2 fully saturated rings. The lowest BCUT2D eigenvalue weighted by Crippen LogP contribution is -2.23. The van der Waals surface area contributed by atoms with Gasteiger partial charge in [-0.15, -0.1) is 0 Å². The number of carbonyl (C=O) groups excluding carboxylic acids is 1. The molecule has 3 heteroatoms. The van der Waals surface area contributed by atoms with E-state index in [-0.39, 0.29) is 17.6 Å². The normalized spacial score (nSPS) is 26.8. The monoisotopic (exact) mass is 420 g/mol. The summed E-state index contributed by atoms with van der Waals surface area (Å²) in [5.41, 5.74) is 4.30. The van der Waals surface area contributed by atoms with Crippen LogP contribution < -0.4 is 0 Å². The van der Waals surface area contributed by atoms with Crippen molar-refractivity contribution < 1.29 is 15.0 Å². The van der Waals surface area contributed by atoms with E-state index in [1.807, 2.05) is 24.3 Å². The maximum atomic E-state index is 12.7. The molecule has 3 nitrogen and oxygen atoms in total. The Morgan fingerprint density at radius 3 is 2.35 bits per heavy atom. The van der Waals surface area contributed by atoms with Gasteiger partial charge in [-0.2, -0.15) is 0 Å². The Labute approximate surface area is 186 Å². The maximum Gasteiger partial charge on any atom is 0.163 e. The lowest BCUT2D eigenvalue weighted by Gasteiger charge is -2.25. The van der Waals surface area contributed by atoms with Crippen LogP contribution in [0.4, 0.5) is 0 Å². The molecule has 0 radical (unpaired) electrons. The third kappa shape index (κ3) is 5.27. The highest BCUT2D eigenvalue weighted by molar-refractivity contribution is 5.96. The van der Waals surface area contributed by atoms with E-state index >= 15 is 0 Å². The smallest absolute Gasteiger partial charge is 0.163 e. The Morgan fingerprint density at radius 2 is 1.65 bits per heavy atom. The predicted octanol–water partition coefficient (Wildman–Crippen LogP) is 5.47. The van der Waals surface area contributed by atoms with Crippen LogP contribution in [0, 0.1) is 11.8 Å². The highest BCUT2D eigenvalue weighted by Gasteiger charge is 2.42. The Kier molecular flexibility index (Phi) is 7.24. The molecule has 2 N–H and O–H groups in total. The number of hydrogen-bond acceptors (Lipinski definition) is 3. The third-order valence-electron chi connectivity index (χ3n) is 7.54. The van der Waals surface area contributed by atoms with Crippen molar-refractivity contribution in [1.82, 2.24) is 0 Å². The highest BCUT2D eigenvalue weighted by Crippen LogP contribution is 2.42. The minimum Gasteiger partial charge on any atom is -0.393 e. The number of hydrogen-bond donors (Lipinski definition) is 2. The van der Waals surface area contributed by atoms with Crippen molar-refractivity contribution in [2.45, 2.75) is 82.8 Å². The van der Waals surface area contributed by atoms with Crippen molar-refractivity contribution in [3.63, 3.8) is 0 Å². The van der Waals surface area contributed by atoms with Crippen LogP contribution in [-0.4, -0.2) is 28.2 Å². The lowest BCUT2D eigenvalue weighted by molar-refractivity contribution is 0.0950. The number of carbonyl (C=O) groups is 1. The second kappa shape index (κ2) is 10.1. The maximum absolute atomic E-state index is 12.7. The summed E-state index contributed by atoms with van der Waals surface area (Å²) in [4.78, 5) is 12.7. The lowest BCUT2D eigenvalue weighted by atomic mass is 9.82. The third-order valence-corrected chi connectivity index (χ3v) is 7.54. The SMILES string of the molecule is CCc1cccc(CC2C(c3ccc(C(=O)CC4CCCCC4)cc3)[C@H](O)C[C@H]2O)c1. The van der Waals surface area contributed by atoms with Crippen molar-refractivity contribution >= 4 is 5.78 Å². The van der Waals surface area contributed by atoms with Gasteiger partial charge < -0.3 is 10.2 Å². The van der Waals surface area contributed by atoms with Gasteiger partial charge in [-0.1, -0.05) is 87.6 Å². The number of aryl methyl sites for hydroxylation is 1. The van der Waals surface area contributed by atoms with E-state index in [2.05, 4.69) is 31.2 Å². The first-order valence-electron chi connectivity index (χ1n) is 12.1. The summed E-state index contributed by atoms with van der Waals surface area (Å²) < 4.78 is 0. The molecule has 2 aliphatic carbocycles. The van der Waals surface area contributed by atoms with Crippen LogP contribution in [0.15, 0.2) is 48.5 Å². The summed E-state index contributed by atoms with van der Waals surface area (Å²) in [5, 5.41) is 21.4. The summed E-state index contributed by atoms with van der Waals surface area (Å²) in [7, 11) is 0. The van der Waals surface area contributed by atoms with Crippen LogP contribution in [0.1, 0.15) is 84.8 Å². The molecule has 0 bridgehead atoms. The van der Waals surface area contributed by atoms with Crippen LogP contribution in [0.5, 0.6) is 0 Å². The standard InChI is InChI=1S/C28H36O3/c1-2-19-9-6-10-21(15-19)16-24-26(30)18-27(31)28(24)23-13-11-22(12-14-23)25(29)17-20-7-4-3-5-8-20/h6,9-15,20,24,26-28,30-31H,2-5,7-8,16-18H2,1H3/t24?,26-,27-,28?/m1/s1. The summed E-state index contributed by atoms with van der Waals surface area (Å²) in [6.07, 6.45) is 7.89. The van der Waals surface area contributed by atoms with Crippen LogP contribution >= 0.6 is 0 Å². The molecule has 2 unspecified atom stereocenters. The largest absolute Gasteiger partial charge is 0.393 e. The van der Waals surface area contributed by atoms with E-state index in [1.54, 1.807) is 0 Å². The van der Waals surface area contributed by atoms with Gasteiger partial charge in [0.05, 0.1) is 12.2 Å². The predicted molar refractivity (Wildman–Crippen MR) is 124 cm³/mol. The van der Waals surface area contributed by atoms with Gasteiger partial charge in [-0.05, 0) is 41.4 Å². The molecule has 2 aromatic carbocycles. The quantitative estimate of drug-likeness (QED) is 0.584. The summed E-state index contributed by atoms with van der Waals surface area (Å²) >= 11 is 0. The van der Waals surface area contributed by atoms with Gasteiger partial charge in [0.1, 0.15) is 0 Å².